The third-order valence-corrected chi connectivity index (χ3v) is 3.55. The zero-order valence-electron chi connectivity index (χ0n) is 8.08. The Hall–Kier alpha value is -0.820. The summed E-state index contributed by atoms with van der Waals surface area (Å²) < 4.78 is 1.41. The Labute approximate surface area is 83.2 Å². The first-order valence-corrected chi connectivity index (χ1v) is 5.67. The van der Waals surface area contributed by atoms with E-state index in [4.69, 9.17) is 0 Å². The molecule has 1 heterocycles. The summed E-state index contributed by atoms with van der Waals surface area (Å²) in [6.07, 6.45) is 1.22. The molecule has 1 aromatic carbocycles. The normalized spacial score (nSPS) is 13.4. The Bertz CT molecular complexity index is 400. The highest BCUT2D eigenvalue weighted by atomic mass is 32.1. The highest BCUT2D eigenvalue weighted by molar-refractivity contribution is 7.17. The van der Waals surface area contributed by atoms with Crippen LogP contribution in [0.3, 0.4) is 0 Å². The summed E-state index contributed by atoms with van der Waals surface area (Å²) in [6.45, 7) is 4.54. The molecule has 0 radical (unpaired) electrons. The lowest BCUT2D eigenvalue weighted by Crippen LogP contribution is -1.90. The van der Waals surface area contributed by atoms with Crippen LogP contribution in [-0.4, -0.2) is 0 Å². The van der Waals surface area contributed by atoms with Gasteiger partial charge in [-0.25, -0.2) is 0 Å². The van der Waals surface area contributed by atoms with Crippen molar-refractivity contribution in [3.8, 4) is 0 Å². The van der Waals surface area contributed by atoms with E-state index < -0.39 is 0 Å². The molecule has 0 spiro atoms. The molecule has 0 nitrogen and oxygen atoms in total. The Morgan fingerprint density at radius 3 is 2.92 bits per heavy atom. The van der Waals surface area contributed by atoms with Gasteiger partial charge in [-0.15, -0.1) is 11.3 Å². The van der Waals surface area contributed by atoms with Crippen LogP contribution in [0.5, 0.6) is 0 Å². The lowest BCUT2D eigenvalue weighted by molar-refractivity contribution is 0.740. The number of hydrogen-bond donors (Lipinski definition) is 0. The maximum absolute atomic E-state index is 2.30. The molecule has 0 aliphatic carbocycles. The molecule has 0 saturated carbocycles. The van der Waals surface area contributed by atoms with Crippen LogP contribution in [0, 0.1) is 0 Å². The predicted octanol–water partition coefficient (Wildman–Crippen LogP) is 4.41. The Morgan fingerprint density at radius 1 is 1.31 bits per heavy atom. The molecule has 0 saturated heterocycles. The average molecular weight is 190 g/mol. The fourth-order valence-corrected chi connectivity index (χ4v) is 2.49. The molecule has 0 amide bonds. The summed E-state index contributed by atoms with van der Waals surface area (Å²) in [5.74, 6) is 0.679. The largest absolute Gasteiger partial charge is 0.144 e. The molecule has 1 aromatic heterocycles. The van der Waals surface area contributed by atoms with E-state index in [9.17, 15) is 0 Å². The lowest BCUT2D eigenvalue weighted by atomic mass is 9.96. The third-order valence-electron chi connectivity index (χ3n) is 2.67. The van der Waals surface area contributed by atoms with Crippen molar-refractivity contribution in [1.82, 2.24) is 0 Å². The lowest BCUT2D eigenvalue weighted by Gasteiger charge is -2.09. The maximum Gasteiger partial charge on any atom is 0.0345 e. The molecule has 1 unspecified atom stereocenters. The van der Waals surface area contributed by atoms with Gasteiger partial charge in [0.1, 0.15) is 0 Å². The first-order valence-electron chi connectivity index (χ1n) is 4.79. The van der Waals surface area contributed by atoms with Gasteiger partial charge in [0, 0.05) is 4.70 Å². The summed E-state index contributed by atoms with van der Waals surface area (Å²) in [5.41, 5.74) is 1.50. The smallest absolute Gasteiger partial charge is 0.0345 e. The maximum atomic E-state index is 2.30. The fourth-order valence-electron chi connectivity index (χ4n) is 1.67. The van der Waals surface area contributed by atoms with Gasteiger partial charge in [0.05, 0.1) is 0 Å². The van der Waals surface area contributed by atoms with E-state index in [-0.39, 0.29) is 0 Å². The molecular formula is C12H14S. The zero-order valence-corrected chi connectivity index (χ0v) is 8.90. The highest BCUT2D eigenvalue weighted by Gasteiger charge is 2.07. The van der Waals surface area contributed by atoms with Crippen molar-refractivity contribution in [1.29, 1.82) is 0 Å². The van der Waals surface area contributed by atoms with Gasteiger partial charge in [-0.2, -0.15) is 0 Å². The van der Waals surface area contributed by atoms with Crippen molar-refractivity contribution in [3.05, 3.63) is 35.2 Å². The summed E-state index contributed by atoms with van der Waals surface area (Å²) in [5, 5.41) is 3.62. The second-order valence-corrected chi connectivity index (χ2v) is 4.44. The molecule has 1 heteroatoms. The van der Waals surface area contributed by atoms with Gasteiger partial charge in [-0.3, -0.25) is 0 Å². The third kappa shape index (κ3) is 1.49. The average Bonchev–Trinajstić information content (AvgIpc) is 2.63. The van der Waals surface area contributed by atoms with Crippen molar-refractivity contribution in [3.63, 3.8) is 0 Å². The van der Waals surface area contributed by atoms with E-state index in [1.807, 2.05) is 11.3 Å². The number of benzene rings is 1. The molecule has 2 aromatic rings. The van der Waals surface area contributed by atoms with Crippen molar-refractivity contribution in [2.24, 2.45) is 0 Å². The van der Waals surface area contributed by atoms with Gasteiger partial charge in [0.25, 0.3) is 0 Å². The molecule has 0 bridgehead atoms. The number of thiophene rings is 1. The van der Waals surface area contributed by atoms with Crippen LogP contribution in [0.2, 0.25) is 0 Å². The van der Waals surface area contributed by atoms with Crippen LogP contribution in [0.4, 0.5) is 0 Å². The SMILES string of the molecule is CCC(C)c1cccc2sccc12. The summed E-state index contributed by atoms with van der Waals surface area (Å²) in [7, 11) is 0. The van der Waals surface area contributed by atoms with Crippen LogP contribution in [-0.2, 0) is 0 Å². The van der Waals surface area contributed by atoms with Crippen molar-refractivity contribution in [2.75, 3.05) is 0 Å². The summed E-state index contributed by atoms with van der Waals surface area (Å²) in [6, 6.07) is 8.86. The van der Waals surface area contributed by atoms with Crippen LogP contribution in [0.15, 0.2) is 29.6 Å². The van der Waals surface area contributed by atoms with E-state index in [0.717, 1.165) is 0 Å². The second kappa shape index (κ2) is 3.51. The van der Waals surface area contributed by atoms with Crippen molar-refractivity contribution < 1.29 is 0 Å². The van der Waals surface area contributed by atoms with Gasteiger partial charge in [-0.05, 0) is 40.8 Å². The van der Waals surface area contributed by atoms with Gasteiger partial charge < -0.3 is 0 Å². The van der Waals surface area contributed by atoms with E-state index in [1.165, 1.54) is 22.1 Å². The first kappa shape index (κ1) is 8.76. The van der Waals surface area contributed by atoms with E-state index in [2.05, 4.69) is 43.5 Å². The highest BCUT2D eigenvalue weighted by Crippen LogP contribution is 2.30. The standard InChI is InChI=1S/C12H14S/c1-3-9(2)10-5-4-6-12-11(10)7-8-13-12/h4-9H,3H2,1-2H3. The van der Waals surface area contributed by atoms with Gasteiger partial charge >= 0.3 is 0 Å². The van der Waals surface area contributed by atoms with Crippen molar-refractivity contribution >= 4 is 21.4 Å². The van der Waals surface area contributed by atoms with E-state index in [0.29, 0.717) is 5.92 Å². The minimum atomic E-state index is 0.679. The Balaban J connectivity index is 2.60. The van der Waals surface area contributed by atoms with Gasteiger partial charge in [-0.1, -0.05) is 26.0 Å². The first-order chi connectivity index (χ1) is 6.33. The van der Waals surface area contributed by atoms with Crippen LogP contribution < -0.4 is 0 Å². The predicted molar refractivity (Wildman–Crippen MR) is 60.5 cm³/mol. The van der Waals surface area contributed by atoms with Crippen LogP contribution in [0.25, 0.3) is 10.1 Å². The van der Waals surface area contributed by atoms with Crippen LogP contribution in [0.1, 0.15) is 31.7 Å². The molecular weight excluding hydrogens is 176 g/mol. The van der Waals surface area contributed by atoms with Crippen molar-refractivity contribution in [2.45, 2.75) is 26.2 Å². The molecule has 0 aliphatic rings. The van der Waals surface area contributed by atoms with Crippen LogP contribution >= 0.6 is 11.3 Å². The zero-order chi connectivity index (χ0) is 9.26. The molecule has 0 fully saturated rings. The summed E-state index contributed by atoms with van der Waals surface area (Å²) in [4.78, 5) is 0. The number of rotatable bonds is 2. The van der Waals surface area contributed by atoms with E-state index in [1.54, 1.807) is 0 Å². The molecule has 13 heavy (non-hydrogen) atoms. The quantitative estimate of drug-likeness (QED) is 0.657. The molecule has 0 N–H and O–H groups in total. The molecule has 68 valence electrons. The minimum Gasteiger partial charge on any atom is -0.144 e. The minimum absolute atomic E-state index is 0.679. The van der Waals surface area contributed by atoms with Gasteiger partial charge in [0.15, 0.2) is 0 Å². The summed E-state index contributed by atoms with van der Waals surface area (Å²) >= 11 is 1.83. The fraction of sp³-hybridized carbons (Fsp3) is 0.333. The topological polar surface area (TPSA) is 0 Å². The number of hydrogen-bond acceptors (Lipinski definition) is 1. The van der Waals surface area contributed by atoms with Gasteiger partial charge in [0.2, 0.25) is 0 Å². The van der Waals surface area contributed by atoms with E-state index >= 15 is 0 Å². The molecule has 1 atom stereocenters. The monoisotopic (exact) mass is 190 g/mol. The number of fused-ring (bicyclic) bond motifs is 1. The molecule has 2 rings (SSSR count). The second-order valence-electron chi connectivity index (χ2n) is 3.49. The Morgan fingerprint density at radius 2 is 2.15 bits per heavy atom. The molecule has 0 aliphatic heterocycles. The Kier molecular flexibility index (Phi) is 2.36.